The van der Waals surface area contributed by atoms with Crippen LogP contribution in [0.3, 0.4) is 0 Å². The molecular weight excluding hydrogens is 300 g/mol. The van der Waals surface area contributed by atoms with Gasteiger partial charge in [0.25, 0.3) is 0 Å². The number of halogens is 1. The van der Waals surface area contributed by atoms with E-state index in [-0.39, 0.29) is 11.7 Å². The first-order valence-corrected chi connectivity index (χ1v) is 6.13. The van der Waals surface area contributed by atoms with E-state index in [1.54, 1.807) is 16.7 Å². The Morgan fingerprint density at radius 2 is 2.33 bits per heavy atom. The highest BCUT2D eigenvalue weighted by Gasteiger charge is 2.14. The molecule has 0 saturated heterocycles. The molecule has 0 bridgehead atoms. The molecule has 1 aromatic heterocycles. The van der Waals surface area contributed by atoms with Crippen molar-refractivity contribution in [1.82, 2.24) is 9.55 Å². The largest absolute Gasteiger partial charge is 0.476 e. The number of imidazole rings is 1. The van der Waals surface area contributed by atoms with Gasteiger partial charge in [0.1, 0.15) is 5.75 Å². The summed E-state index contributed by atoms with van der Waals surface area (Å²) >= 11 is 3.34. The van der Waals surface area contributed by atoms with Crippen molar-refractivity contribution in [2.24, 2.45) is 0 Å². The van der Waals surface area contributed by atoms with Crippen LogP contribution in [0.25, 0.3) is 0 Å². The predicted molar refractivity (Wildman–Crippen MR) is 69.1 cm³/mol. The fraction of sp³-hybridized carbons (Fsp3) is 0.167. The lowest BCUT2D eigenvalue weighted by Crippen LogP contribution is -1.96. The molecule has 0 aliphatic heterocycles. The van der Waals surface area contributed by atoms with E-state index < -0.39 is 5.97 Å². The van der Waals surface area contributed by atoms with Crippen LogP contribution in [-0.2, 0) is 6.54 Å². The summed E-state index contributed by atoms with van der Waals surface area (Å²) in [5, 5.41) is 8.89. The summed E-state index contributed by atoms with van der Waals surface area (Å²) in [5.41, 5.74) is -0.0261. The van der Waals surface area contributed by atoms with E-state index >= 15 is 0 Å². The number of carboxylic acid groups (broad SMARTS) is 1. The van der Waals surface area contributed by atoms with E-state index in [2.05, 4.69) is 20.9 Å². The molecule has 6 heteroatoms. The van der Waals surface area contributed by atoms with Crippen molar-refractivity contribution in [3.05, 3.63) is 40.6 Å². The Bertz CT molecular complexity index is 580. The monoisotopic (exact) mass is 310 g/mol. The minimum absolute atomic E-state index is 0.0261. The maximum atomic E-state index is 10.9. The summed E-state index contributed by atoms with van der Waals surface area (Å²) in [5.74, 6) is -0.470. The lowest BCUT2D eigenvalue weighted by atomic mass is 10.3. The van der Waals surface area contributed by atoms with E-state index in [0.29, 0.717) is 12.3 Å². The molecule has 2 aromatic rings. The van der Waals surface area contributed by atoms with Crippen LogP contribution < -0.4 is 4.74 Å². The number of hydrogen-bond acceptors (Lipinski definition) is 3. The van der Waals surface area contributed by atoms with E-state index in [9.17, 15) is 4.79 Å². The molecule has 2 rings (SSSR count). The first kappa shape index (κ1) is 12.6. The number of aromatic nitrogens is 2. The molecule has 1 N–H and O–H groups in total. The van der Waals surface area contributed by atoms with E-state index in [1.165, 1.54) is 6.20 Å². The van der Waals surface area contributed by atoms with Gasteiger partial charge in [0, 0.05) is 17.2 Å². The molecule has 0 amide bonds. The minimum Gasteiger partial charge on any atom is -0.476 e. The van der Waals surface area contributed by atoms with Crippen LogP contribution in [0.15, 0.2) is 34.9 Å². The number of hydrogen-bond donors (Lipinski definition) is 1. The van der Waals surface area contributed by atoms with Crippen LogP contribution in [0.5, 0.6) is 11.8 Å². The molecule has 0 radical (unpaired) electrons. The maximum Gasteiger partial charge on any atom is 0.356 e. The zero-order valence-corrected chi connectivity index (χ0v) is 11.2. The van der Waals surface area contributed by atoms with Crippen molar-refractivity contribution in [2.75, 3.05) is 0 Å². The second-order valence-electron chi connectivity index (χ2n) is 3.56. The summed E-state index contributed by atoms with van der Waals surface area (Å²) in [6.45, 7) is 2.48. The molecule has 0 atom stereocenters. The Hall–Kier alpha value is -1.82. The van der Waals surface area contributed by atoms with Crippen molar-refractivity contribution in [3.63, 3.8) is 0 Å². The quantitative estimate of drug-likeness (QED) is 0.942. The number of aromatic carboxylic acids is 1. The fourth-order valence-electron chi connectivity index (χ4n) is 1.45. The Balaban J connectivity index is 2.30. The van der Waals surface area contributed by atoms with Gasteiger partial charge in [0.05, 0.1) is 0 Å². The molecule has 0 unspecified atom stereocenters. The van der Waals surface area contributed by atoms with Gasteiger partial charge < -0.3 is 14.4 Å². The molecule has 0 aliphatic rings. The predicted octanol–water partition coefficient (Wildman–Crippen LogP) is 3.16. The average Bonchev–Trinajstić information content (AvgIpc) is 2.72. The zero-order chi connectivity index (χ0) is 13.1. The third-order valence-electron chi connectivity index (χ3n) is 2.30. The van der Waals surface area contributed by atoms with Gasteiger partial charge in [-0.1, -0.05) is 22.0 Å². The summed E-state index contributed by atoms with van der Waals surface area (Å²) in [7, 11) is 0. The van der Waals surface area contributed by atoms with Crippen LogP contribution in [0.4, 0.5) is 0 Å². The van der Waals surface area contributed by atoms with Crippen molar-refractivity contribution in [3.8, 4) is 11.8 Å². The number of carbonyl (C=O) groups is 1. The topological polar surface area (TPSA) is 64.4 Å². The van der Waals surface area contributed by atoms with E-state index in [1.807, 2.05) is 19.1 Å². The number of rotatable bonds is 4. The number of nitrogens with zero attached hydrogens (tertiary/aromatic N) is 2. The van der Waals surface area contributed by atoms with Gasteiger partial charge in [-0.25, -0.2) is 4.79 Å². The van der Waals surface area contributed by atoms with Crippen LogP contribution in [0.2, 0.25) is 0 Å². The average molecular weight is 311 g/mol. The van der Waals surface area contributed by atoms with Crippen LogP contribution in [0.1, 0.15) is 17.4 Å². The van der Waals surface area contributed by atoms with Crippen molar-refractivity contribution in [1.29, 1.82) is 0 Å². The van der Waals surface area contributed by atoms with Gasteiger partial charge >= 0.3 is 12.0 Å². The van der Waals surface area contributed by atoms with Gasteiger partial charge in [-0.3, -0.25) is 0 Å². The summed E-state index contributed by atoms with van der Waals surface area (Å²) < 4.78 is 8.10. The third-order valence-corrected chi connectivity index (χ3v) is 2.80. The zero-order valence-electron chi connectivity index (χ0n) is 9.63. The number of ether oxygens (including phenoxy) is 1. The molecule has 0 spiro atoms. The van der Waals surface area contributed by atoms with Gasteiger partial charge in [-0.15, -0.1) is 0 Å². The lowest BCUT2D eigenvalue weighted by molar-refractivity contribution is 0.0690. The Labute approximate surface area is 112 Å². The molecule has 94 valence electrons. The lowest BCUT2D eigenvalue weighted by Gasteiger charge is -2.06. The SMILES string of the molecule is CCn1cc(C(=O)O)nc1Oc1cccc(Br)c1. The van der Waals surface area contributed by atoms with Gasteiger partial charge in [0.15, 0.2) is 5.69 Å². The highest BCUT2D eigenvalue weighted by molar-refractivity contribution is 9.10. The molecular formula is C12H11BrN2O3. The minimum atomic E-state index is -1.07. The Morgan fingerprint density at radius 3 is 2.94 bits per heavy atom. The Kier molecular flexibility index (Phi) is 3.66. The molecule has 18 heavy (non-hydrogen) atoms. The number of aryl methyl sites for hydroxylation is 1. The maximum absolute atomic E-state index is 10.9. The summed E-state index contributed by atoms with van der Waals surface area (Å²) in [6.07, 6.45) is 1.45. The van der Waals surface area contributed by atoms with Crippen molar-refractivity contribution >= 4 is 21.9 Å². The second kappa shape index (κ2) is 5.22. The summed E-state index contributed by atoms with van der Waals surface area (Å²) in [6, 6.07) is 7.54. The van der Waals surface area contributed by atoms with Gasteiger partial charge in [0.2, 0.25) is 0 Å². The highest BCUT2D eigenvalue weighted by atomic mass is 79.9. The first-order valence-electron chi connectivity index (χ1n) is 5.34. The highest BCUT2D eigenvalue weighted by Crippen LogP contribution is 2.24. The Morgan fingerprint density at radius 1 is 1.56 bits per heavy atom. The molecule has 0 fully saturated rings. The molecule has 1 heterocycles. The fourth-order valence-corrected chi connectivity index (χ4v) is 1.82. The van der Waals surface area contributed by atoms with Gasteiger partial charge in [-0.05, 0) is 25.1 Å². The molecule has 1 aromatic carbocycles. The first-order chi connectivity index (χ1) is 8.60. The molecule has 0 saturated carbocycles. The van der Waals surface area contributed by atoms with Crippen LogP contribution in [-0.4, -0.2) is 20.6 Å². The van der Waals surface area contributed by atoms with Crippen LogP contribution >= 0.6 is 15.9 Å². The van der Waals surface area contributed by atoms with Gasteiger partial charge in [-0.2, -0.15) is 4.98 Å². The molecule has 0 aliphatic carbocycles. The third kappa shape index (κ3) is 2.70. The van der Waals surface area contributed by atoms with E-state index in [4.69, 9.17) is 9.84 Å². The number of benzene rings is 1. The second-order valence-corrected chi connectivity index (χ2v) is 4.47. The standard InChI is InChI=1S/C12H11BrN2O3/c1-2-15-7-10(11(16)17)14-12(15)18-9-5-3-4-8(13)6-9/h3-7H,2H2,1H3,(H,16,17). The normalized spacial score (nSPS) is 10.3. The van der Waals surface area contributed by atoms with E-state index in [0.717, 1.165) is 4.47 Å². The van der Waals surface area contributed by atoms with Crippen molar-refractivity contribution < 1.29 is 14.6 Å². The van der Waals surface area contributed by atoms with Crippen LogP contribution in [0, 0.1) is 0 Å². The number of carboxylic acids is 1. The molecule has 5 nitrogen and oxygen atoms in total. The van der Waals surface area contributed by atoms with Crippen molar-refractivity contribution in [2.45, 2.75) is 13.5 Å². The smallest absolute Gasteiger partial charge is 0.356 e. The summed E-state index contributed by atoms with van der Waals surface area (Å²) in [4.78, 5) is 14.8.